The molecule has 0 spiro atoms. The molecule has 0 radical (unpaired) electrons. The van der Waals surface area contributed by atoms with Crippen molar-refractivity contribution in [2.45, 2.75) is 64.5 Å². The van der Waals surface area contributed by atoms with Crippen LogP contribution >= 0.6 is 0 Å². The van der Waals surface area contributed by atoms with E-state index in [0.29, 0.717) is 11.7 Å². The van der Waals surface area contributed by atoms with Crippen LogP contribution in [0.5, 0.6) is 0 Å². The lowest BCUT2D eigenvalue weighted by atomic mass is 10.1. The monoisotopic (exact) mass is 293 g/mol. The van der Waals surface area contributed by atoms with E-state index in [4.69, 9.17) is 0 Å². The quantitative estimate of drug-likeness (QED) is 0.753. The first-order chi connectivity index (χ1) is 10.2. The van der Waals surface area contributed by atoms with E-state index in [9.17, 15) is 4.79 Å². The maximum absolute atomic E-state index is 12.1. The van der Waals surface area contributed by atoms with Gasteiger partial charge < -0.3 is 10.6 Å². The fraction of sp³-hybridized carbons (Fsp3) is 0.800. The van der Waals surface area contributed by atoms with Crippen molar-refractivity contribution in [2.75, 3.05) is 13.1 Å². The van der Waals surface area contributed by atoms with Crippen LogP contribution in [0.15, 0.2) is 6.20 Å². The minimum Gasteiger partial charge on any atom is -0.348 e. The third-order valence-electron chi connectivity index (χ3n) is 4.04. The number of carbonyl (C=O) groups excluding carboxylic acids is 1. The van der Waals surface area contributed by atoms with E-state index in [0.717, 1.165) is 38.8 Å². The maximum Gasteiger partial charge on any atom is 0.273 e. The topological polar surface area (TPSA) is 71.8 Å². The number of carbonyl (C=O) groups is 1. The summed E-state index contributed by atoms with van der Waals surface area (Å²) in [6, 6.07) is 0.551. The molecule has 21 heavy (non-hydrogen) atoms. The second-order valence-corrected chi connectivity index (χ2v) is 5.94. The number of hydrogen-bond acceptors (Lipinski definition) is 4. The van der Waals surface area contributed by atoms with Crippen molar-refractivity contribution < 1.29 is 4.79 Å². The molecule has 1 aliphatic rings. The molecular weight excluding hydrogens is 266 g/mol. The van der Waals surface area contributed by atoms with Gasteiger partial charge in [0.2, 0.25) is 0 Å². The van der Waals surface area contributed by atoms with Gasteiger partial charge in [-0.1, -0.05) is 31.4 Å². The van der Waals surface area contributed by atoms with Crippen LogP contribution < -0.4 is 10.6 Å². The van der Waals surface area contributed by atoms with Gasteiger partial charge >= 0.3 is 0 Å². The first kappa shape index (κ1) is 15.9. The lowest BCUT2D eigenvalue weighted by molar-refractivity contribution is 0.0932. The Bertz CT molecular complexity index is 439. The highest BCUT2D eigenvalue weighted by molar-refractivity contribution is 5.92. The molecule has 1 aliphatic heterocycles. The van der Waals surface area contributed by atoms with Gasteiger partial charge in [0, 0.05) is 6.04 Å². The average Bonchev–Trinajstić information content (AvgIpc) is 2.98. The summed E-state index contributed by atoms with van der Waals surface area (Å²) in [6.45, 7) is 6.23. The fourth-order valence-corrected chi connectivity index (χ4v) is 2.70. The van der Waals surface area contributed by atoms with Crippen molar-refractivity contribution in [1.29, 1.82) is 0 Å². The smallest absolute Gasteiger partial charge is 0.273 e. The number of amides is 1. The Labute approximate surface area is 126 Å². The Kier molecular flexibility index (Phi) is 6.17. The highest BCUT2D eigenvalue weighted by Gasteiger charge is 2.19. The van der Waals surface area contributed by atoms with Crippen molar-refractivity contribution in [3.63, 3.8) is 0 Å². The Hall–Kier alpha value is -1.43. The lowest BCUT2D eigenvalue weighted by Crippen LogP contribution is -2.32. The number of nitrogens with zero attached hydrogens (tertiary/aromatic N) is 3. The number of hydrogen-bond donors (Lipinski definition) is 2. The molecule has 118 valence electrons. The van der Waals surface area contributed by atoms with Crippen molar-refractivity contribution in [1.82, 2.24) is 25.6 Å². The first-order valence-corrected chi connectivity index (χ1v) is 8.14. The van der Waals surface area contributed by atoms with Gasteiger partial charge in [-0.05, 0) is 39.3 Å². The second kappa shape index (κ2) is 8.12. The Balaban J connectivity index is 1.83. The van der Waals surface area contributed by atoms with Gasteiger partial charge in [0.1, 0.15) is 0 Å². The van der Waals surface area contributed by atoms with Gasteiger partial charge in [0.25, 0.3) is 5.91 Å². The third-order valence-corrected chi connectivity index (χ3v) is 4.04. The minimum absolute atomic E-state index is 0.112. The number of rotatable bonds is 7. The molecule has 2 rings (SSSR count). The van der Waals surface area contributed by atoms with E-state index < -0.39 is 0 Å². The molecule has 0 aromatic carbocycles. The van der Waals surface area contributed by atoms with E-state index in [1.54, 1.807) is 6.20 Å². The molecular formula is C15H27N5O. The van der Waals surface area contributed by atoms with Crippen LogP contribution in [-0.4, -0.2) is 40.0 Å². The van der Waals surface area contributed by atoms with Gasteiger partial charge in [-0.25, -0.2) is 4.68 Å². The van der Waals surface area contributed by atoms with Crippen molar-refractivity contribution in [3.8, 4) is 0 Å². The molecule has 1 amide bonds. The molecule has 0 aliphatic carbocycles. The van der Waals surface area contributed by atoms with E-state index in [2.05, 4.69) is 27.9 Å². The normalized spacial score (nSPS) is 17.6. The zero-order valence-electron chi connectivity index (χ0n) is 13.1. The Morgan fingerprint density at radius 1 is 1.48 bits per heavy atom. The van der Waals surface area contributed by atoms with E-state index in [-0.39, 0.29) is 11.9 Å². The summed E-state index contributed by atoms with van der Waals surface area (Å²) < 4.78 is 1.84. The predicted molar refractivity (Wildman–Crippen MR) is 82.2 cm³/mol. The molecule has 2 heterocycles. The van der Waals surface area contributed by atoms with Gasteiger partial charge in [-0.3, -0.25) is 4.79 Å². The van der Waals surface area contributed by atoms with E-state index >= 15 is 0 Å². The molecule has 1 aromatic rings. The molecule has 6 heteroatoms. The molecule has 6 nitrogen and oxygen atoms in total. The number of aromatic nitrogens is 3. The van der Waals surface area contributed by atoms with Crippen molar-refractivity contribution in [3.05, 3.63) is 11.9 Å². The largest absolute Gasteiger partial charge is 0.348 e. The van der Waals surface area contributed by atoms with Crippen LogP contribution in [0.1, 0.15) is 68.9 Å². The van der Waals surface area contributed by atoms with Gasteiger partial charge in [0.15, 0.2) is 5.69 Å². The summed E-state index contributed by atoms with van der Waals surface area (Å²) in [4.78, 5) is 12.1. The summed E-state index contributed by atoms with van der Waals surface area (Å²) in [7, 11) is 0. The summed E-state index contributed by atoms with van der Waals surface area (Å²) in [6.07, 6.45) is 8.44. The molecule has 1 fully saturated rings. The summed E-state index contributed by atoms with van der Waals surface area (Å²) in [5.41, 5.74) is 0.427. The number of piperidine rings is 1. The van der Waals surface area contributed by atoms with Crippen LogP contribution in [0, 0.1) is 0 Å². The average molecular weight is 293 g/mol. The Morgan fingerprint density at radius 3 is 2.95 bits per heavy atom. The van der Waals surface area contributed by atoms with Crippen LogP contribution in [0.4, 0.5) is 0 Å². The minimum atomic E-state index is -0.112. The van der Waals surface area contributed by atoms with Crippen LogP contribution in [0.25, 0.3) is 0 Å². The molecule has 2 N–H and O–H groups in total. The number of unbranched alkanes of at least 4 members (excludes halogenated alkanes) is 2. The fourth-order valence-electron chi connectivity index (χ4n) is 2.70. The number of nitrogens with one attached hydrogen (secondary N) is 2. The van der Waals surface area contributed by atoms with Crippen molar-refractivity contribution in [2.24, 2.45) is 0 Å². The zero-order chi connectivity index (χ0) is 15.1. The highest BCUT2D eigenvalue weighted by Crippen LogP contribution is 2.17. The SMILES string of the molecule is CCCCCC(C)NC(=O)c1cn(C2CCNCC2)nn1. The van der Waals surface area contributed by atoms with Crippen LogP contribution in [0.3, 0.4) is 0 Å². The summed E-state index contributed by atoms with van der Waals surface area (Å²) in [5.74, 6) is -0.112. The Morgan fingerprint density at radius 2 is 2.24 bits per heavy atom. The van der Waals surface area contributed by atoms with E-state index in [1.165, 1.54) is 12.8 Å². The molecule has 0 bridgehead atoms. The standard InChI is InChI=1S/C15H27N5O/c1-3-4-5-6-12(2)17-15(21)14-11-20(19-18-14)13-7-9-16-10-8-13/h11-13,16H,3-10H2,1-2H3,(H,17,21). The molecule has 1 unspecified atom stereocenters. The zero-order valence-corrected chi connectivity index (χ0v) is 13.1. The van der Waals surface area contributed by atoms with Crippen molar-refractivity contribution >= 4 is 5.91 Å². The maximum atomic E-state index is 12.1. The summed E-state index contributed by atoms with van der Waals surface area (Å²) >= 11 is 0. The molecule has 1 saturated heterocycles. The summed E-state index contributed by atoms with van der Waals surface area (Å²) in [5, 5.41) is 14.5. The van der Waals surface area contributed by atoms with Gasteiger partial charge in [-0.15, -0.1) is 5.10 Å². The second-order valence-electron chi connectivity index (χ2n) is 5.94. The molecule has 1 aromatic heterocycles. The lowest BCUT2D eigenvalue weighted by Gasteiger charge is -2.22. The first-order valence-electron chi connectivity index (χ1n) is 8.14. The van der Waals surface area contributed by atoms with Crippen LogP contribution in [0.2, 0.25) is 0 Å². The highest BCUT2D eigenvalue weighted by atomic mass is 16.2. The van der Waals surface area contributed by atoms with E-state index in [1.807, 2.05) is 11.6 Å². The molecule has 0 saturated carbocycles. The van der Waals surface area contributed by atoms with Gasteiger partial charge in [-0.2, -0.15) is 0 Å². The van der Waals surface area contributed by atoms with Gasteiger partial charge in [0.05, 0.1) is 12.2 Å². The predicted octanol–water partition coefficient (Wildman–Crippen LogP) is 1.90. The third kappa shape index (κ3) is 4.81. The molecule has 1 atom stereocenters. The van der Waals surface area contributed by atoms with Crippen LogP contribution in [-0.2, 0) is 0 Å².